The molecule has 2 rings (SSSR count). The van der Waals surface area contributed by atoms with Gasteiger partial charge < -0.3 is 15.2 Å². The number of methoxy groups -OCH3 is 2. The van der Waals surface area contributed by atoms with Crippen LogP contribution in [0.25, 0.3) is 0 Å². The molecule has 1 aliphatic carbocycles. The van der Waals surface area contributed by atoms with Crippen molar-refractivity contribution in [3.63, 3.8) is 0 Å². The molecule has 0 amide bonds. The Hall–Kier alpha value is -1.00. The molecule has 1 fully saturated rings. The average Bonchev–Trinajstić information content (AvgIpc) is 2.26. The third-order valence-corrected chi connectivity index (χ3v) is 3.52. The van der Waals surface area contributed by atoms with Gasteiger partial charge in [-0.2, -0.15) is 0 Å². The molecule has 0 bridgehead atoms. The normalized spacial score (nSPS) is 16.4. The molecule has 1 saturated carbocycles. The lowest BCUT2D eigenvalue weighted by Crippen LogP contribution is -2.27. The average molecular weight is 276 g/mol. The van der Waals surface area contributed by atoms with Gasteiger partial charge in [-0.15, -0.1) is 12.4 Å². The van der Waals surface area contributed by atoms with Crippen LogP contribution in [0, 0.1) is 11.7 Å². The number of benzene rings is 1. The zero-order valence-electron chi connectivity index (χ0n) is 10.6. The highest BCUT2D eigenvalue weighted by Gasteiger charge is 2.28. The SMILES string of the molecule is COc1cc(F)c([C@H](N)C2CCC2)cc1OC.Cl. The van der Waals surface area contributed by atoms with Crippen molar-refractivity contribution < 1.29 is 13.9 Å². The molecule has 18 heavy (non-hydrogen) atoms. The molecule has 5 heteroatoms. The molecule has 1 aromatic carbocycles. The highest BCUT2D eigenvalue weighted by atomic mass is 35.5. The standard InChI is InChI=1S/C13H18FNO2.ClH/c1-16-11-6-9(10(14)7-12(11)17-2)13(15)8-4-3-5-8;/h6-8,13H,3-5,15H2,1-2H3;1H/t13-;/m1./s1. The van der Waals surface area contributed by atoms with E-state index in [1.165, 1.54) is 26.7 Å². The largest absolute Gasteiger partial charge is 0.493 e. The van der Waals surface area contributed by atoms with Crippen LogP contribution in [-0.4, -0.2) is 14.2 Å². The minimum Gasteiger partial charge on any atom is -0.493 e. The van der Waals surface area contributed by atoms with E-state index in [0.29, 0.717) is 23.0 Å². The lowest BCUT2D eigenvalue weighted by atomic mass is 9.77. The van der Waals surface area contributed by atoms with Gasteiger partial charge in [-0.3, -0.25) is 0 Å². The van der Waals surface area contributed by atoms with Gasteiger partial charge in [0.1, 0.15) is 5.82 Å². The quantitative estimate of drug-likeness (QED) is 0.918. The first-order valence-electron chi connectivity index (χ1n) is 5.84. The van der Waals surface area contributed by atoms with E-state index in [1.54, 1.807) is 6.07 Å². The summed E-state index contributed by atoms with van der Waals surface area (Å²) in [6, 6.07) is 2.74. The predicted molar refractivity (Wildman–Crippen MR) is 71.0 cm³/mol. The van der Waals surface area contributed by atoms with Crippen LogP contribution in [0.2, 0.25) is 0 Å². The topological polar surface area (TPSA) is 44.5 Å². The van der Waals surface area contributed by atoms with Crippen molar-refractivity contribution in [2.75, 3.05) is 14.2 Å². The molecule has 0 heterocycles. The summed E-state index contributed by atoms with van der Waals surface area (Å²) >= 11 is 0. The van der Waals surface area contributed by atoms with Crippen molar-refractivity contribution in [2.45, 2.75) is 25.3 Å². The first kappa shape index (κ1) is 15.1. The van der Waals surface area contributed by atoms with Gasteiger partial charge in [0.15, 0.2) is 11.5 Å². The maximum Gasteiger partial charge on any atom is 0.163 e. The number of nitrogens with two attached hydrogens (primary N) is 1. The van der Waals surface area contributed by atoms with E-state index in [4.69, 9.17) is 15.2 Å². The van der Waals surface area contributed by atoms with Gasteiger partial charge in [-0.25, -0.2) is 4.39 Å². The van der Waals surface area contributed by atoms with Crippen LogP contribution >= 0.6 is 12.4 Å². The number of ether oxygens (including phenoxy) is 2. The van der Waals surface area contributed by atoms with Crippen molar-refractivity contribution in [1.82, 2.24) is 0 Å². The highest BCUT2D eigenvalue weighted by molar-refractivity contribution is 5.85. The van der Waals surface area contributed by atoms with Gasteiger partial charge in [-0.05, 0) is 24.8 Å². The Morgan fingerprint density at radius 3 is 2.22 bits per heavy atom. The Bertz CT molecular complexity index is 410. The van der Waals surface area contributed by atoms with Gasteiger partial charge in [0.2, 0.25) is 0 Å². The zero-order chi connectivity index (χ0) is 12.4. The second kappa shape index (κ2) is 6.25. The molecule has 0 spiro atoms. The fourth-order valence-corrected chi connectivity index (χ4v) is 2.18. The lowest BCUT2D eigenvalue weighted by Gasteiger charge is -2.31. The zero-order valence-corrected chi connectivity index (χ0v) is 11.4. The maximum atomic E-state index is 13.9. The molecule has 0 radical (unpaired) electrons. The number of hydrogen-bond donors (Lipinski definition) is 1. The highest BCUT2D eigenvalue weighted by Crippen LogP contribution is 2.39. The summed E-state index contributed by atoms with van der Waals surface area (Å²) in [5, 5.41) is 0. The van der Waals surface area contributed by atoms with Gasteiger partial charge in [-0.1, -0.05) is 6.42 Å². The van der Waals surface area contributed by atoms with Crippen molar-refractivity contribution >= 4 is 12.4 Å². The van der Waals surface area contributed by atoms with E-state index in [0.717, 1.165) is 12.8 Å². The molecule has 1 atom stereocenters. The van der Waals surface area contributed by atoms with Crippen molar-refractivity contribution in [2.24, 2.45) is 11.7 Å². The smallest absolute Gasteiger partial charge is 0.163 e. The number of hydrogen-bond acceptors (Lipinski definition) is 3. The van der Waals surface area contributed by atoms with Crippen LogP contribution in [0.4, 0.5) is 4.39 Å². The van der Waals surface area contributed by atoms with E-state index in [2.05, 4.69) is 0 Å². The van der Waals surface area contributed by atoms with Crippen LogP contribution in [-0.2, 0) is 0 Å². The molecular formula is C13H19ClFNO2. The minimum atomic E-state index is -0.318. The third kappa shape index (κ3) is 2.70. The summed E-state index contributed by atoms with van der Waals surface area (Å²) in [5.74, 6) is 0.998. The molecule has 0 unspecified atom stereocenters. The molecule has 0 saturated heterocycles. The van der Waals surface area contributed by atoms with Crippen molar-refractivity contribution in [3.8, 4) is 11.5 Å². The van der Waals surface area contributed by atoms with Gasteiger partial charge in [0.05, 0.1) is 14.2 Å². The lowest BCUT2D eigenvalue weighted by molar-refractivity contribution is 0.259. The molecule has 1 aliphatic rings. The predicted octanol–water partition coefficient (Wildman–Crippen LogP) is 3.06. The summed E-state index contributed by atoms with van der Waals surface area (Å²) < 4.78 is 24.1. The minimum absolute atomic E-state index is 0. The van der Waals surface area contributed by atoms with Crippen molar-refractivity contribution in [1.29, 1.82) is 0 Å². The van der Waals surface area contributed by atoms with Gasteiger partial charge >= 0.3 is 0 Å². The Balaban J connectivity index is 0.00000162. The fourth-order valence-electron chi connectivity index (χ4n) is 2.18. The summed E-state index contributed by atoms with van der Waals surface area (Å²) in [6.07, 6.45) is 3.34. The maximum absolute atomic E-state index is 13.9. The molecule has 3 nitrogen and oxygen atoms in total. The second-order valence-electron chi connectivity index (χ2n) is 4.45. The van der Waals surface area contributed by atoms with Crippen LogP contribution in [0.5, 0.6) is 11.5 Å². The molecule has 2 N–H and O–H groups in total. The van der Waals surface area contributed by atoms with E-state index >= 15 is 0 Å². The van der Waals surface area contributed by atoms with Gasteiger partial charge in [0.25, 0.3) is 0 Å². The Labute approximate surface area is 113 Å². The molecule has 0 aliphatic heterocycles. The fraction of sp³-hybridized carbons (Fsp3) is 0.538. The monoisotopic (exact) mass is 275 g/mol. The van der Waals surface area contributed by atoms with E-state index < -0.39 is 0 Å². The summed E-state index contributed by atoms with van der Waals surface area (Å²) in [6.45, 7) is 0. The summed E-state index contributed by atoms with van der Waals surface area (Å²) in [4.78, 5) is 0. The Kier molecular flexibility index (Phi) is 5.23. The molecule has 1 aromatic rings. The van der Waals surface area contributed by atoms with Crippen LogP contribution < -0.4 is 15.2 Å². The second-order valence-corrected chi connectivity index (χ2v) is 4.45. The summed E-state index contributed by atoms with van der Waals surface area (Å²) in [7, 11) is 3.03. The Morgan fingerprint density at radius 1 is 1.22 bits per heavy atom. The number of rotatable bonds is 4. The summed E-state index contributed by atoms with van der Waals surface area (Å²) in [5.41, 5.74) is 6.60. The van der Waals surface area contributed by atoms with E-state index in [1.807, 2.05) is 0 Å². The van der Waals surface area contributed by atoms with Crippen molar-refractivity contribution in [3.05, 3.63) is 23.5 Å². The number of halogens is 2. The molecule has 0 aromatic heterocycles. The van der Waals surface area contributed by atoms with Gasteiger partial charge in [0, 0.05) is 17.7 Å². The van der Waals surface area contributed by atoms with E-state index in [9.17, 15) is 4.39 Å². The molecule has 102 valence electrons. The van der Waals surface area contributed by atoms with Crippen LogP contribution in [0.15, 0.2) is 12.1 Å². The van der Waals surface area contributed by atoms with E-state index in [-0.39, 0.29) is 24.3 Å². The third-order valence-electron chi connectivity index (χ3n) is 3.52. The first-order chi connectivity index (χ1) is 8.17. The van der Waals surface area contributed by atoms with Crippen LogP contribution in [0.1, 0.15) is 30.9 Å². The Morgan fingerprint density at radius 2 is 1.78 bits per heavy atom. The first-order valence-corrected chi connectivity index (χ1v) is 5.84. The molecular weight excluding hydrogens is 257 g/mol. The van der Waals surface area contributed by atoms with Crippen LogP contribution in [0.3, 0.4) is 0 Å².